The molecule has 0 spiro atoms. The number of carbonyl (C=O) groups is 1. The predicted molar refractivity (Wildman–Crippen MR) is 104 cm³/mol. The molecule has 0 unspecified atom stereocenters. The van der Waals surface area contributed by atoms with E-state index in [4.69, 9.17) is 19.7 Å². The Hall–Kier alpha value is -2.17. The summed E-state index contributed by atoms with van der Waals surface area (Å²) in [6.07, 6.45) is -0.0269. The smallest absolute Gasteiger partial charge is 0.407 e. The van der Waals surface area contributed by atoms with Crippen LogP contribution in [0.5, 0.6) is 5.75 Å². The molecule has 2 heterocycles. The summed E-state index contributed by atoms with van der Waals surface area (Å²) in [7, 11) is 1.54. The number of nitrogens with zero attached hydrogens (tertiary/aromatic N) is 2. The number of hydrogen-bond acceptors (Lipinski definition) is 6. The maximum absolute atomic E-state index is 14.0. The van der Waals surface area contributed by atoms with Crippen LogP contribution in [0.25, 0.3) is 0 Å². The van der Waals surface area contributed by atoms with Gasteiger partial charge in [0.1, 0.15) is 18.0 Å². The van der Waals surface area contributed by atoms with Gasteiger partial charge in [0, 0.05) is 58.5 Å². The Kier molecular flexibility index (Phi) is 9.36. The number of rotatable bonds is 5. The van der Waals surface area contributed by atoms with Crippen LogP contribution in [0.2, 0.25) is 0 Å². The van der Waals surface area contributed by atoms with E-state index in [1.54, 1.807) is 4.90 Å². The molecule has 0 aromatic heterocycles. The number of ether oxygens (including phenoxy) is 2. The van der Waals surface area contributed by atoms with Gasteiger partial charge in [-0.3, -0.25) is 0 Å². The van der Waals surface area contributed by atoms with E-state index in [0.717, 1.165) is 13.1 Å². The number of halogens is 2. The molecule has 3 N–H and O–H groups in total. The van der Waals surface area contributed by atoms with Gasteiger partial charge in [-0.25, -0.2) is 13.6 Å². The number of aliphatic hydroxyl groups excluding tert-OH is 1. The third-order valence-corrected chi connectivity index (χ3v) is 4.71. The van der Waals surface area contributed by atoms with Gasteiger partial charge in [0.2, 0.25) is 0 Å². The van der Waals surface area contributed by atoms with Crippen LogP contribution in [0.1, 0.15) is 12.8 Å². The molecule has 10 heteroatoms. The molecule has 0 aliphatic carbocycles. The van der Waals surface area contributed by atoms with Crippen molar-refractivity contribution in [2.24, 2.45) is 0 Å². The summed E-state index contributed by atoms with van der Waals surface area (Å²) in [5.74, 6) is -0.991. The van der Waals surface area contributed by atoms with E-state index in [2.05, 4.69) is 5.32 Å². The highest BCUT2D eigenvalue weighted by molar-refractivity contribution is 5.65. The Labute approximate surface area is 169 Å². The number of piperazine rings is 1. The number of carboxylic acid groups (broad SMARTS) is 1. The van der Waals surface area contributed by atoms with E-state index in [-0.39, 0.29) is 24.1 Å². The van der Waals surface area contributed by atoms with Crippen molar-refractivity contribution < 1.29 is 33.3 Å². The van der Waals surface area contributed by atoms with Gasteiger partial charge >= 0.3 is 6.09 Å². The highest BCUT2D eigenvalue weighted by Gasteiger charge is 2.21. The van der Waals surface area contributed by atoms with Gasteiger partial charge < -0.3 is 34.8 Å². The van der Waals surface area contributed by atoms with Gasteiger partial charge in [0.25, 0.3) is 0 Å². The molecule has 0 radical (unpaired) electrons. The van der Waals surface area contributed by atoms with Crippen molar-refractivity contribution >= 4 is 11.8 Å². The fourth-order valence-corrected chi connectivity index (χ4v) is 3.12. The Morgan fingerprint density at radius 1 is 1.14 bits per heavy atom. The first kappa shape index (κ1) is 23.1. The van der Waals surface area contributed by atoms with E-state index < -0.39 is 17.7 Å². The Balaban J connectivity index is 0.000000253. The summed E-state index contributed by atoms with van der Waals surface area (Å²) in [6.45, 7) is 4.23. The molecule has 1 aromatic rings. The van der Waals surface area contributed by atoms with Crippen LogP contribution in [0.15, 0.2) is 12.1 Å². The van der Waals surface area contributed by atoms with Gasteiger partial charge in [0.05, 0.1) is 12.7 Å². The molecule has 3 rings (SSSR count). The first-order valence-corrected chi connectivity index (χ1v) is 9.64. The number of methoxy groups -OCH3 is 1. The van der Waals surface area contributed by atoms with Gasteiger partial charge in [-0.15, -0.1) is 0 Å². The average molecular weight is 417 g/mol. The molecule has 29 heavy (non-hydrogen) atoms. The molecular formula is C19H29F2N3O5. The van der Waals surface area contributed by atoms with Crippen LogP contribution in [0.4, 0.5) is 19.3 Å². The summed E-state index contributed by atoms with van der Waals surface area (Å²) < 4.78 is 38.0. The monoisotopic (exact) mass is 417 g/mol. The number of benzene rings is 1. The summed E-state index contributed by atoms with van der Waals surface area (Å²) >= 11 is 0. The van der Waals surface area contributed by atoms with Crippen LogP contribution in [0, 0.1) is 11.6 Å². The Morgan fingerprint density at radius 3 is 2.24 bits per heavy atom. The molecule has 2 aliphatic heterocycles. The third kappa shape index (κ3) is 7.30. The quantitative estimate of drug-likeness (QED) is 0.626. The predicted octanol–water partition coefficient (Wildman–Crippen LogP) is 1.52. The highest BCUT2D eigenvalue weighted by Crippen LogP contribution is 2.28. The molecule has 0 atom stereocenters. The van der Waals surface area contributed by atoms with Crippen molar-refractivity contribution in [3.05, 3.63) is 23.8 Å². The average Bonchev–Trinajstić information content (AvgIpc) is 2.69. The van der Waals surface area contributed by atoms with Crippen LogP contribution in [-0.2, 0) is 4.74 Å². The van der Waals surface area contributed by atoms with E-state index in [9.17, 15) is 13.6 Å². The van der Waals surface area contributed by atoms with Gasteiger partial charge in [-0.1, -0.05) is 0 Å². The molecule has 164 valence electrons. The molecule has 2 fully saturated rings. The van der Waals surface area contributed by atoms with Crippen LogP contribution in [0.3, 0.4) is 0 Å². The topological polar surface area (TPSA) is 94.5 Å². The number of anilines is 1. The summed E-state index contributed by atoms with van der Waals surface area (Å²) in [5, 5.41) is 20.6. The lowest BCUT2D eigenvalue weighted by atomic mass is 10.1. The lowest BCUT2D eigenvalue weighted by Crippen LogP contribution is -2.44. The lowest BCUT2D eigenvalue weighted by molar-refractivity contribution is 0.0769. The molecule has 0 bridgehead atoms. The molecule has 1 amide bonds. The number of hydrogen-bond donors (Lipinski definition) is 3. The molecule has 8 nitrogen and oxygen atoms in total. The fraction of sp³-hybridized carbons (Fsp3) is 0.632. The van der Waals surface area contributed by atoms with Gasteiger partial charge in [-0.05, 0) is 12.8 Å². The second kappa shape index (κ2) is 11.7. The number of piperidine rings is 1. The van der Waals surface area contributed by atoms with Crippen LogP contribution in [-0.4, -0.2) is 86.9 Å². The summed E-state index contributed by atoms with van der Waals surface area (Å²) in [5.41, 5.74) is 0.0283. The van der Waals surface area contributed by atoms with Crippen molar-refractivity contribution in [3.63, 3.8) is 0 Å². The van der Waals surface area contributed by atoms with E-state index in [0.29, 0.717) is 45.6 Å². The molecule has 0 saturated carbocycles. The third-order valence-electron chi connectivity index (χ3n) is 4.71. The Morgan fingerprint density at radius 2 is 1.72 bits per heavy atom. The zero-order valence-electron chi connectivity index (χ0n) is 16.6. The van der Waals surface area contributed by atoms with Crippen molar-refractivity contribution in [1.82, 2.24) is 10.2 Å². The van der Waals surface area contributed by atoms with E-state index >= 15 is 0 Å². The van der Waals surface area contributed by atoms with Gasteiger partial charge in [0.15, 0.2) is 11.6 Å². The zero-order valence-corrected chi connectivity index (χ0v) is 16.6. The minimum Gasteiger partial charge on any atom is -0.491 e. The van der Waals surface area contributed by atoms with Crippen molar-refractivity contribution in [2.45, 2.75) is 18.9 Å². The SMILES string of the molecule is COCCOc1cc(F)c(N2CCNCC2)c(F)c1.O=C(O)N1CCC(O)CC1. The second-order valence-electron chi connectivity index (χ2n) is 6.81. The summed E-state index contributed by atoms with van der Waals surface area (Å²) in [4.78, 5) is 13.3. The first-order chi connectivity index (χ1) is 13.9. The van der Waals surface area contributed by atoms with E-state index in [1.165, 1.54) is 24.1 Å². The minimum absolute atomic E-state index is 0.0283. The number of aliphatic hydroxyl groups is 1. The number of amides is 1. The normalized spacial score (nSPS) is 17.5. The van der Waals surface area contributed by atoms with Crippen LogP contribution >= 0.6 is 0 Å². The fourth-order valence-electron chi connectivity index (χ4n) is 3.12. The number of nitrogens with one attached hydrogen (secondary N) is 1. The lowest BCUT2D eigenvalue weighted by Gasteiger charge is -2.30. The number of likely N-dealkylation sites (tertiary alicyclic amines) is 1. The zero-order chi connectivity index (χ0) is 21.2. The van der Waals surface area contributed by atoms with Gasteiger partial charge in [-0.2, -0.15) is 0 Å². The standard InChI is InChI=1S/C13H18F2N2O2.C6H11NO3/c1-18-6-7-19-10-8-11(14)13(12(15)9-10)17-4-2-16-3-5-17;8-5-1-3-7(4-2-5)6(9)10/h8-9,16H,2-7H2,1H3;5,8H,1-4H2,(H,9,10). The van der Waals surface area contributed by atoms with Crippen molar-refractivity contribution in [3.8, 4) is 5.75 Å². The highest BCUT2D eigenvalue weighted by atomic mass is 19.1. The maximum atomic E-state index is 14.0. The van der Waals surface area contributed by atoms with Crippen molar-refractivity contribution in [2.75, 3.05) is 64.5 Å². The van der Waals surface area contributed by atoms with Crippen LogP contribution < -0.4 is 15.0 Å². The largest absolute Gasteiger partial charge is 0.491 e. The Bertz CT molecular complexity index is 628. The molecule has 2 saturated heterocycles. The molecular weight excluding hydrogens is 388 g/mol. The molecule has 1 aromatic carbocycles. The van der Waals surface area contributed by atoms with Crippen molar-refractivity contribution in [1.29, 1.82) is 0 Å². The molecule has 2 aliphatic rings. The minimum atomic E-state index is -0.883. The maximum Gasteiger partial charge on any atom is 0.407 e. The van der Waals surface area contributed by atoms with E-state index in [1.807, 2.05) is 0 Å². The second-order valence-corrected chi connectivity index (χ2v) is 6.81. The first-order valence-electron chi connectivity index (χ1n) is 9.64. The summed E-state index contributed by atoms with van der Waals surface area (Å²) in [6, 6.07) is 2.44.